The lowest BCUT2D eigenvalue weighted by atomic mass is 9.61. The third-order valence-electron chi connectivity index (χ3n) is 4.53. The molecule has 130 valence electrons. The maximum atomic E-state index is 11.9. The monoisotopic (exact) mass is 403 g/mol. The van der Waals surface area contributed by atoms with Crippen LogP contribution in [-0.2, 0) is 21.6 Å². The molecule has 0 saturated heterocycles. The molecule has 6 heteroatoms. The summed E-state index contributed by atoms with van der Waals surface area (Å²) in [6, 6.07) is 16.5. The second kappa shape index (κ2) is 7.27. The van der Waals surface area contributed by atoms with Crippen molar-refractivity contribution >= 4 is 28.0 Å². The Hall–Kier alpha value is -2.34. The van der Waals surface area contributed by atoms with Gasteiger partial charge in [0, 0.05) is 10.5 Å². The lowest BCUT2D eigenvalue weighted by molar-refractivity contribution is -0.148. The molecule has 2 aromatic carbocycles. The number of carboxylic acids is 1. The third kappa shape index (κ3) is 3.85. The smallest absolute Gasteiger partial charge is 0.407 e. The molecule has 0 aromatic heterocycles. The predicted molar refractivity (Wildman–Crippen MR) is 96.2 cm³/mol. The van der Waals surface area contributed by atoms with E-state index in [0.29, 0.717) is 12.8 Å². The molecular formula is C19H18BrNO4. The summed E-state index contributed by atoms with van der Waals surface area (Å²) in [7, 11) is 0. The van der Waals surface area contributed by atoms with Gasteiger partial charge in [-0.05, 0) is 36.1 Å². The molecule has 1 amide bonds. The van der Waals surface area contributed by atoms with Gasteiger partial charge < -0.3 is 15.2 Å². The van der Waals surface area contributed by atoms with Crippen LogP contribution in [0.2, 0.25) is 0 Å². The van der Waals surface area contributed by atoms with E-state index in [4.69, 9.17) is 4.74 Å². The van der Waals surface area contributed by atoms with Crippen LogP contribution in [0.15, 0.2) is 59.1 Å². The van der Waals surface area contributed by atoms with Gasteiger partial charge in [-0.1, -0.05) is 58.4 Å². The molecule has 1 aliphatic carbocycles. The Morgan fingerprint density at radius 3 is 2.36 bits per heavy atom. The van der Waals surface area contributed by atoms with Crippen molar-refractivity contribution in [1.29, 1.82) is 0 Å². The normalized spacial score (nSPS) is 21.9. The molecule has 3 rings (SSSR count). The number of rotatable bonds is 5. The van der Waals surface area contributed by atoms with Gasteiger partial charge in [0.2, 0.25) is 0 Å². The van der Waals surface area contributed by atoms with Crippen molar-refractivity contribution in [2.24, 2.45) is 0 Å². The van der Waals surface area contributed by atoms with Gasteiger partial charge in [0.05, 0.1) is 5.41 Å². The molecule has 1 fully saturated rings. The fourth-order valence-electron chi connectivity index (χ4n) is 3.12. The van der Waals surface area contributed by atoms with Crippen LogP contribution < -0.4 is 5.32 Å². The number of aliphatic carboxylic acids is 1. The summed E-state index contributed by atoms with van der Waals surface area (Å²) in [4.78, 5) is 23.7. The lowest BCUT2D eigenvalue weighted by Gasteiger charge is -2.44. The maximum Gasteiger partial charge on any atom is 0.407 e. The number of ether oxygens (including phenoxy) is 1. The van der Waals surface area contributed by atoms with Crippen molar-refractivity contribution in [3.05, 3.63) is 70.2 Å². The zero-order valence-electron chi connectivity index (χ0n) is 13.4. The van der Waals surface area contributed by atoms with E-state index in [9.17, 15) is 14.7 Å². The molecule has 2 aromatic rings. The maximum absolute atomic E-state index is 11.9. The lowest BCUT2D eigenvalue weighted by Crippen LogP contribution is -2.57. The summed E-state index contributed by atoms with van der Waals surface area (Å²) < 4.78 is 6.08. The van der Waals surface area contributed by atoms with Crippen molar-refractivity contribution in [3.63, 3.8) is 0 Å². The van der Waals surface area contributed by atoms with Crippen molar-refractivity contribution in [3.8, 4) is 0 Å². The van der Waals surface area contributed by atoms with Crippen molar-refractivity contribution < 1.29 is 19.4 Å². The largest absolute Gasteiger partial charge is 0.481 e. The summed E-state index contributed by atoms with van der Waals surface area (Å²) in [5.41, 5.74) is 0.706. The van der Waals surface area contributed by atoms with Crippen LogP contribution in [-0.4, -0.2) is 23.2 Å². The van der Waals surface area contributed by atoms with Crippen molar-refractivity contribution in [2.75, 3.05) is 0 Å². The number of benzene rings is 2. The Balaban J connectivity index is 1.55. The SMILES string of the molecule is O=C(NC1CC(C(=O)O)(c2ccc(Br)cc2)C1)OCc1ccccc1. The molecule has 0 unspecified atom stereocenters. The highest BCUT2D eigenvalue weighted by Crippen LogP contribution is 2.44. The van der Waals surface area contributed by atoms with E-state index in [-0.39, 0.29) is 12.6 Å². The van der Waals surface area contributed by atoms with Gasteiger partial charge in [-0.2, -0.15) is 0 Å². The van der Waals surface area contributed by atoms with Gasteiger partial charge in [0.1, 0.15) is 6.61 Å². The zero-order chi connectivity index (χ0) is 17.9. The summed E-state index contributed by atoms with van der Waals surface area (Å²) >= 11 is 3.35. The van der Waals surface area contributed by atoms with Gasteiger partial charge in [-0.25, -0.2) is 4.79 Å². The van der Waals surface area contributed by atoms with E-state index in [1.165, 1.54) is 0 Å². The molecule has 1 aliphatic rings. The molecule has 25 heavy (non-hydrogen) atoms. The molecule has 0 heterocycles. The standard InChI is InChI=1S/C19H18BrNO4/c20-15-8-6-14(7-9-15)19(17(22)23)10-16(11-19)21-18(24)25-12-13-4-2-1-3-5-13/h1-9,16H,10-12H2,(H,21,24)(H,22,23). The molecule has 0 spiro atoms. The van der Waals surface area contributed by atoms with Crippen molar-refractivity contribution in [2.45, 2.75) is 30.9 Å². The van der Waals surface area contributed by atoms with Crippen LogP contribution in [0.25, 0.3) is 0 Å². The quantitative estimate of drug-likeness (QED) is 0.794. The van der Waals surface area contributed by atoms with Crippen LogP contribution in [0.4, 0.5) is 4.79 Å². The van der Waals surface area contributed by atoms with Crippen LogP contribution in [0.5, 0.6) is 0 Å². The number of carboxylic acid groups (broad SMARTS) is 1. The zero-order valence-corrected chi connectivity index (χ0v) is 15.0. The Bertz CT molecular complexity index is 755. The number of nitrogens with one attached hydrogen (secondary N) is 1. The summed E-state index contributed by atoms with van der Waals surface area (Å²) in [6.45, 7) is 0.191. The summed E-state index contributed by atoms with van der Waals surface area (Å²) in [5.74, 6) is -0.870. The fourth-order valence-corrected chi connectivity index (χ4v) is 3.38. The van der Waals surface area contributed by atoms with E-state index >= 15 is 0 Å². The average molecular weight is 404 g/mol. The molecule has 0 bridgehead atoms. The average Bonchev–Trinajstić information content (AvgIpc) is 2.57. The van der Waals surface area contributed by atoms with Gasteiger partial charge in [-0.15, -0.1) is 0 Å². The van der Waals surface area contributed by atoms with E-state index in [1.54, 1.807) is 0 Å². The summed E-state index contributed by atoms with van der Waals surface area (Å²) in [5, 5.41) is 12.4. The first kappa shape index (κ1) is 17.5. The predicted octanol–water partition coefficient (Wildman–Crippen LogP) is 3.86. The Labute approximate surface area is 154 Å². The van der Waals surface area contributed by atoms with E-state index in [1.807, 2.05) is 54.6 Å². The van der Waals surface area contributed by atoms with E-state index in [0.717, 1.165) is 15.6 Å². The Morgan fingerprint density at radius 1 is 1.12 bits per heavy atom. The van der Waals surface area contributed by atoms with Gasteiger partial charge >= 0.3 is 12.1 Å². The highest BCUT2D eigenvalue weighted by molar-refractivity contribution is 9.10. The molecule has 1 saturated carbocycles. The number of amides is 1. The van der Waals surface area contributed by atoms with Crippen LogP contribution in [0.1, 0.15) is 24.0 Å². The summed E-state index contributed by atoms with van der Waals surface area (Å²) in [6.07, 6.45) is 0.179. The van der Waals surface area contributed by atoms with Crippen LogP contribution in [0, 0.1) is 0 Å². The van der Waals surface area contributed by atoms with Gasteiger partial charge in [0.25, 0.3) is 0 Å². The fraction of sp³-hybridized carbons (Fsp3) is 0.263. The first-order chi connectivity index (χ1) is 12.0. The van der Waals surface area contributed by atoms with Crippen LogP contribution in [0.3, 0.4) is 0 Å². The number of carbonyl (C=O) groups excluding carboxylic acids is 1. The first-order valence-electron chi connectivity index (χ1n) is 7.96. The Kier molecular flexibility index (Phi) is 5.08. The minimum absolute atomic E-state index is 0.191. The number of hydrogen-bond donors (Lipinski definition) is 2. The second-order valence-electron chi connectivity index (χ2n) is 6.21. The number of alkyl carbamates (subject to hydrolysis) is 1. The van der Waals surface area contributed by atoms with Gasteiger partial charge in [-0.3, -0.25) is 4.79 Å². The highest BCUT2D eigenvalue weighted by atomic mass is 79.9. The van der Waals surface area contributed by atoms with E-state index in [2.05, 4.69) is 21.2 Å². The third-order valence-corrected chi connectivity index (χ3v) is 5.06. The highest BCUT2D eigenvalue weighted by Gasteiger charge is 2.52. The van der Waals surface area contributed by atoms with E-state index < -0.39 is 17.5 Å². The van der Waals surface area contributed by atoms with Crippen LogP contribution >= 0.6 is 15.9 Å². The molecular weight excluding hydrogens is 386 g/mol. The topological polar surface area (TPSA) is 75.6 Å². The molecule has 5 nitrogen and oxygen atoms in total. The number of carbonyl (C=O) groups is 2. The van der Waals surface area contributed by atoms with Gasteiger partial charge in [0.15, 0.2) is 0 Å². The molecule has 2 N–H and O–H groups in total. The number of halogens is 1. The second-order valence-corrected chi connectivity index (χ2v) is 7.12. The first-order valence-corrected chi connectivity index (χ1v) is 8.75. The minimum atomic E-state index is -0.946. The molecule has 0 radical (unpaired) electrons. The minimum Gasteiger partial charge on any atom is -0.481 e. The Morgan fingerprint density at radius 2 is 1.76 bits per heavy atom. The molecule has 0 atom stereocenters. The van der Waals surface area contributed by atoms with Crippen molar-refractivity contribution in [1.82, 2.24) is 5.32 Å². The molecule has 0 aliphatic heterocycles. The number of hydrogen-bond acceptors (Lipinski definition) is 3.